The molecule has 0 radical (unpaired) electrons. The summed E-state index contributed by atoms with van der Waals surface area (Å²) in [6, 6.07) is 6.43. The number of aromatic nitrogens is 1. The van der Waals surface area contributed by atoms with Gasteiger partial charge in [-0.1, -0.05) is 24.2 Å². The van der Waals surface area contributed by atoms with E-state index in [1.54, 1.807) is 0 Å². The molecule has 0 fully saturated rings. The second kappa shape index (κ2) is 4.14. The van der Waals surface area contributed by atoms with Crippen molar-refractivity contribution in [1.29, 1.82) is 0 Å². The summed E-state index contributed by atoms with van der Waals surface area (Å²) in [5, 5.41) is 4.84. The minimum Gasteiger partial charge on any atom is -0.349 e. The van der Waals surface area contributed by atoms with E-state index < -0.39 is 0 Å². The predicted molar refractivity (Wildman–Crippen MR) is 80.3 cm³/mol. The lowest BCUT2D eigenvalue weighted by Gasteiger charge is -2.15. The first kappa shape index (κ1) is 12.3. The lowest BCUT2D eigenvalue weighted by atomic mass is 10.1. The van der Waals surface area contributed by atoms with Crippen LogP contribution in [0.5, 0.6) is 0 Å². The van der Waals surface area contributed by atoms with Gasteiger partial charge in [-0.15, -0.1) is 0 Å². The number of aryl methyl sites for hydroxylation is 1. The highest BCUT2D eigenvalue weighted by Gasteiger charge is 2.20. The van der Waals surface area contributed by atoms with E-state index in [4.69, 9.17) is 16.6 Å². The van der Waals surface area contributed by atoms with Gasteiger partial charge in [-0.25, -0.2) is 4.99 Å². The zero-order chi connectivity index (χ0) is 13.7. The van der Waals surface area contributed by atoms with Gasteiger partial charge >= 0.3 is 0 Å². The maximum absolute atomic E-state index is 6.38. The van der Waals surface area contributed by atoms with Gasteiger partial charge < -0.3 is 9.88 Å². The van der Waals surface area contributed by atoms with Crippen LogP contribution in [0.25, 0.3) is 6.58 Å². The third kappa shape index (κ3) is 1.77. The van der Waals surface area contributed by atoms with Gasteiger partial charge in [0.15, 0.2) is 5.49 Å². The molecule has 0 spiro atoms. The summed E-state index contributed by atoms with van der Waals surface area (Å²) in [6.45, 7) is 10.3. The van der Waals surface area contributed by atoms with E-state index in [0.29, 0.717) is 5.02 Å². The fraction of sp³-hybridized carbons (Fsp3) is 0.267. The van der Waals surface area contributed by atoms with Crippen molar-refractivity contribution in [3.63, 3.8) is 0 Å². The molecule has 2 heterocycles. The van der Waals surface area contributed by atoms with Crippen LogP contribution in [0.2, 0.25) is 5.02 Å². The Kier molecular flexibility index (Phi) is 2.68. The lowest BCUT2D eigenvalue weighted by Crippen LogP contribution is -2.29. The smallest absolute Gasteiger partial charge is 0.159 e. The van der Waals surface area contributed by atoms with Gasteiger partial charge in [0.2, 0.25) is 0 Å². The fourth-order valence-electron chi connectivity index (χ4n) is 2.47. The van der Waals surface area contributed by atoms with Crippen LogP contribution in [0.4, 0.5) is 17.1 Å². The van der Waals surface area contributed by atoms with Crippen LogP contribution in [-0.2, 0) is 0 Å². The second-order valence-corrected chi connectivity index (χ2v) is 5.56. The zero-order valence-corrected chi connectivity index (χ0v) is 12.0. The lowest BCUT2D eigenvalue weighted by molar-refractivity contribution is 0.567. The highest BCUT2D eigenvalue weighted by Crippen LogP contribution is 2.33. The van der Waals surface area contributed by atoms with Crippen molar-refractivity contribution in [1.82, 2.24) is 4.57 Å². The van der Waals surface area contributed by atoms with E-state index in [0.717, 1.165) is 27.9 Å². The van der Waals surface area contributed by atoms with Crippen molar-refractivity contribution < 1.29 is 0 Å². The number of rotatable bonds is 1. The number of nitrogens with zero attached hydrogens (tertiary/aromatic N) is 2. The first-order valence-electron chi connectivity index (χ1n) is 6.34. The summed E-state index contributed by atoms with van der Waals surface area (Å²) in [5.74, 6) is 0. The van der Waals surface area contributed by atoms with E-state index >= 15 is 0 Å². The van der Waals surface area contributed by atoms with Crippen LogP contribution in [0.15, 0.2) is 23.2 Å². The van der Waals surface area contributed by atoms with E-state index in [2.05, 4.69) is 49.4 Å². The molecule has 0 atom stereocenters. The standard InChI is InChI=1S/C15H16ClN3/c1-8(2)19-10(4)13(16)14-15(19)18-11-6-5-9(3)7-12(11)17-14/h5-8,17H,4H2,1-3H3. The second-order valence-electron chi connectivity index (χ2n) is 5.18. The Hall–Kier alpha value is -1.74. The summed E-state index contributed by atoms with van der Waals surface area (Å²) < 4.78 is 2.06. The van der Waals surface area contributed by atoms with Crippen LogP contribution in [0, 0.1) is 6.92 Å². The number of hydrogen-bond acceptors (Lipinski definition) is 2. The maximum atomic E-state index is 6.38. The number of halogens is 1. The largest absolute Gasteiger partial charge is 0.349 e. The molecule has 2 aromatic rings. The molecule has 0 saturated carbocycles. The van der Waals surface area contributed by atoms with Gasteiger partial charge in [-0.3, -0.25) is 0 Å². The highest BCUT2D eigenvalue weighted by molar-refractivity contribution is 6.33. The Morgan fingerprint density at radius 2 is 2.11 bits per heavy atom. The molecule has 1 N–H and O–H groups in total. The van der Waals surface area contributed by atoms with Crippen molar-refractivity contribution >= 4 is 35.2 Å². The van der Waals surface area contributed by atoms with Gasteiger partial charge in [0.25, 0.3) is 0 Å². The molecular weight excluding hydrogens is 258 g/mol. The molecule has 1 aliphatic rings. The van der Waals surface area contributed by atoms with Crippen LogP contribution in [0.1, 0.15) is 25.5 Å². The Morgan fingerprint density at radius 1 is 1.37 bits per heavy atom. The molecule has 0 saturated heterocycles. The molecule has 1 aromatic carbocycles. The molecule has 0 unspecified atom stereocenters. The van der Waals surface area contributed by atoms with Crippen molar-refractivity contribution in [3.8, 4) is 0 Å². The van der Waals surface area contributed by atoms with Crippen molar-refractivity contribution in [3.05, 3.63) is 39.6 Å². The van der Waals surface area contributed by atoms with Crippen LogP contribution in [-0.4, -0.2) is 4.57 Å². The third-order valence-electron chi connectivity index (χ3n) is 3.37. The van der Waals surface area contributed by atoms with Gasteiger partial charge in [-0.2, -0.15) is 0 Å². The van der Waals surface area contributed by atoms with Crippen LogP contribution >= 0.6 is 11.6 Å². The molecule has 19 heavy (non-hydrogen) atoms. The molecule has 0 amide bonds. The minimum absolute atomic E-state index is 0.270. The Labute approximate surface area is 117 Å². The van der Waals surface area contributed by atoms with Crippen LogP contribution < -0.4 is 16.2 Å². The number of anilines is 2. The average molecular weight is 274 g/mol. The summed E-state index contributed by atoms with van der Waals surface area (Å²) >= 11 is 6.38. The molecule has 98 valence electrons. The fourth-order valence-corrected chi connectivity index (χ4v) is 2.69. The highest BCUT2D eigenvalue weighted by atomic mass is 35.5. The van der Waals surface area contributed by atoms with Gasteiger partial charge in [0.05, 0.1) is 21.7 Å². The molecule has 0 aliphatic carbocycles. The van der Waals surface area contributed by atoms with Gasteiger partial charge in [0.1, 0.15) is 5.69 Å². The first-order chi connectivity index (χ1) is 8.99. The Bertz CT molecular complexity index is 772. The van der Waals surface area contributed by atoms with E-state index in [9.17, 15) is 0 Å². The summed E-state index contributed by atoms with van der Waals surface area (Å²) in [6.07, 6.45) is 0. The number of benzene rings is 1. The van der Waals surface area contributed by atoms with Crippen LogP contribution in [0.3, 0.4) is 0 Å². The van der Waals surface area contributed by atoms with Crippen molar-refractivity contribution in [2.45, 2.75) is 26.8 Å². The van der Waals surface area contributed by atoms with E-state index in [-0.39, 0.29) is 6.04 Å². The molecular formula is C15H16ClN3. The van der Waals surface area contributed by atoms with Gasteiger partial charge in [0, 0.05) is 6.04 Å². The Balaban J connectivity index is 2.35. The van der Waals surface area contributed by atoms with E-state index in [1.807, 2.05) is 6.07 Å². The summed E-state index contributed by atoms with van der Waals surface area (Å²) in [4.78, 5) is 4.73. The summed E-state index contributed by atoms with van der Waals surface area (Å²) in [7, 11) is 0. The third-order valence-corrected chi connectivity index (χ3v) is 3.78. The predicted octanol–water partition coefficient (Wildman–Crippen LogP) is 3.45. The summed E-state index contributed by atoms with van der Waals surface area (Å²) in [5.41, 5.74) is 4.85. The van der Waals surface area contributed by atoms with Crippen molar-refractivity contribution in [2.75, 3.05) is 5.32 Å². The van der Waals surface area contributed by atoms with Crippen molar-refractivity contribution in [2.24, 2.45) is 4.99 Å². The topological polar surface area (TPSA) is 29.3 Å². The molecule has 4 heteroatoms. The monoisotopic (exact) mass is 273 g/mol. The number of fused-ring (bicyclic) bond motifs is 2. The number of hydrogen-bond donors (Lipinski definition) is 1. The molecule has 1 aliphatic heterocycles. The minimum atomic E-state index is 0.270. The SMILES string of the molecule is C=c1c(Cl)c2c(n1C(C)C)=Nc1ccc(C)cc1N2. The zero-order valence-electron chi connectivity index (χ0n) is 11.3. The molecule has 0 bridgehead atoms. The van der Waals surface area contributed by atoms with Gasteiger partial charge in [-0.05, 0) is 38.5 Å². The molecule has 1 aromatic heterocycles. The molecule has 3 nitrogen and oxygen atoms in total. The normalized spacial score (nSPS) is 12.7. The first-order valence-corrected chi connectivity index (χ1v) is 6.72. The van der Waals surface area contributed by atoms with E-state index in [1.165, 1.54) is 5.56 Å². The number of nitrogens with one attached hydrogen (secondary N) is 1. The Morgan fingerprint density at radius 3 is 2.79 bits per heavy atom. The quantitative estimate of drug-likeness (QED) is 0.723. The molecule has 3 rings (SSSR count). The maximum Gasteiger partial charge on any atom is 0.159 e. The average Bonchev–Trinajstić information content (AvgIpc) is 2.59.